The van der Waals surface area contributed by atoms with Crippen molar-refractivity contribution in [3.8, 4) is 0 Å². The Morgan fingerprint density at radius 2 is 1.85 bits per heavy atom. The second-order valence-corrected chi connectivity index (χ2v) is 7.00. The maximum Gasteiger partial charge on any atom is 0.272 e. The second kappa shape index (κ2) is 7.32. The van der Waals surface area contributed by atoms with Gasteiger partial charge in [-0.15, -0.1) is 0 Å². The number of benzene rings is 2. The molecule has 1 unspecified atom stereocenters. The number of carbonyl (C=O) groups excluding carboxylic acids is 1. The number of hydrogen-bond donors (Lipinski definition) is 2. The van der Waals surface area contributed by atoms with E-state index in [1.54, 1.807) is 24.3 Å². The van der Waals surface area contributed by atoms with Gasteiger partial charge in [0.2, 0.25) is 0 Å². The van der Waals surface area contributed by atoms with Crippen LogP contribution in [0.25, 0.3) is 10.8 Å². The normalized spacial score (nSPS) is 15.3. The number of hydrogen-bond acceptors (Lipinski definition) is 4. The van der Waals surface area contributed by atoms with Crippen molar-refractivity contribution in [3.63, 3.8) is 0 Å². The lowest BCUT2D eigenvalue weighted by atomic mass is 9.99. The fourth-order valence-electron chi connectivity index (χ4n) is 3.63. The van der Waals surface area contributed by atoms with Gasteiger partial charge in [-0.1, -0.05) is 42.5 Å². The number of rotatable bonds is 4. The summed E-state index contributed by atoms with van der Waals surface area (Å²) in [6.07, 6.45) is 1.03. The minimum Gasteiger partial charge on any atom is -0.349 e. The highest BCUT2D eigenvalue weighted by Crippen LogP contribution is 2.20. The van der Waals surface area contributed by atoms with Crippen molar-refractivity contribution in [2.75, 3.05) is 13.1 Å². The van der Waals surface area contributed by atoms with Crippen LogP contribution in [0.15, 0.2) is 53.3 Å². The minimum absolute atomic E-state index is 0.205. The van der Waals surface area contributed by atoms with Gasteiger partial charge in [0, 0.05) is 31.1 Å². The molecule has 1 aliphatic heterocycles. The minimum atomic E-state index is -0.289. The summed E-state index contributed by atoms with van der Waals surface area (Å²) in [6.45, 7) is 4.52. The van der Waals surface area contributed by atoms with Crippen LogP contribution in [0.2, 0.25) is 0 Å². The standard InChI is InChI=1S/C21H22N4O2/c1-14(25-11-10-15-6-2-3-7-16(15)13-25)12-22-21(27)19-17-8-4-5-9-18(17)20(26)24-23-19/h2-9,14H,10-13H2,1H3,(H,22,27)(H,24,26). The summed E-state index contributed by atoms with van der Waals surface area (Å²) < 4.78 is 0. The first kappa shape index (κ1) is 17.4. The van der Waals surface area contributed by atoms with Gasteiger partial charge in [0.1, 0.15) is 0 Å². The number of H-pyrrole nitrogens is 1. The first-order valence-corrected chi connectivity index (χ1v) is 9.20. The molecule has 138 valence electrons. The Kier molecular flexibility index (Phi) is 4.73. The number of aromatic amines is 1. The number of carbonyl (C=O) groups is 1. The summed E-state index contributed by atoms with van der Waals surface area (Å²) in [5, 5.41) is 10.4. The summed E-state index contributed by atoms with van der Waals surface area (Å²) in [5.41, 5.74) is 2.73. The van der Waals surface area contributed by atoms with E-state index in [2.05, 4.69) is 51.6 Å². The number of nitrogens with one attached hydrogen (secondary N) is 2. The average molecular weight is 362 g/mol. The average Bonchev–Trinajstić information content (AvgIpc) is 2.72. The Hall–Kier alpha value is -2.99. The summed E-state index contributed by atoms with van der Waals surface area (Å²) in [6, 6.07) is 15.7. The van der Waals surface area contributed by atoms with Crippen LogP contribution in [0, 0.1) is 0 Å². The third-order valence-electron chi connectivity index (χ3n) is 5.25. The number of fused-ring (bicyclic) bond motifs is 2. The van der Waals surface area contributed by atoms with Crippen LogP contribution < -0.4 is 10.9 Å². The van der Waals surface area contributed by atoms with Gasteiger partial charge in [-0.05, 0) is 30.5 Å². The molecule has 3 aromatic rings. The van der Waals surface area contributed by atoms with E-state index in [9.17, 15) is 9.59 Å². The van der Waals surface area contributed by atoms with Gasteiger partial charge in [-0.2, -0.15) is 5.10 Å². The van der Waals surface area contributed by atoms with E-state index in [4.69, 9.17) is 0 Å². The largest absolute Gasteiger partial charge is 0.349 e. The molecule has 0 radical (unpaired) electrons. The van der Waals surface area contributed by atoms with E-state index < -0.39 is 0 Å². The third-order valence-corrected chi connectivity index (χ3v) is 5.25. The maximum atomic E-state index is 12.6. The molecule has 27 heavy (non-hydrogen) atoms. The van der Waals surface area contributed by atoms with Gasteiger partial charge in [0.05, 0.1) is 5.39 Å². The molecule has 0 fully saturated rings. The summed E-state index contributed by atoms with van der Waals surface area (Å²) in [4.78, 5) is 26.9. The molecule has 0 spiro atoms. The van der Waals surface area contributed by atoms with Crippen LogP contribution in [0.3, 0.4) is 0 Å². The van der Waals surface area contributed by atoms with E-state index in [0.717, 1.165) is 19.5 Å². The van der Waals surface area contributed by atoms with Gasteiger partial charge < -0.3 is 5.32 Å². The molecule has 2 N–H and O–H groups in total. The van der Waals surface area contributed by atoms with Crippen molar-refractivity contribution in [2.45, 2.75) is 25.9 Å². The maximum absolute atomic E-state index is 12.6. The number of aromatic nitrogens is 2. The van der Waals surface area contributed by atoms with Crippen molar-refractivity contribution in [1.29, 1.82) is 0 Å². The van der Waals surface area contributed by atoms with Gasteiger partial charge in [-0.3, -0.25) is 14.5 Å². The third kappa shape index (κ3) is 3.48. The molecule has 1 amide bonds. The van der Waals surface area contributed by atoms with Crippen LogP contribution in [0.1, 0.15) is 28.5 Å². The molecular weight excluding hydrogens is 340 g/mol. The lowest BCUT2D eigenvalue weighted by Gasteiger charge is -2.33. The lowest BCUT2D eigenvalue weighted by Crippen LogP contribution is -2.44. The van der Waals surface area contributed by atoms with E-state index in [0.29, 0.717) is 17.3 Å². The summed E-state index contributed by atoms with van der Waals surface area (Å²) in [5.74, 6) is -0.272. The van der Waals surface area contributed by atoms with E-state index in [1.807, 2.05) is 0 Å². The lowest BCUT2D eigenvalue weighted by molar-refractivity contribution is 0.0928. The zero-order valence-corrected chi connectivity index (χ0v) is 15.2. The number of nitrogens with zero attached hydrogens (tertiary/aromatic N) is 2. The number of amides is 1. The molecule has 0 saturated carbocycles. The van der Waals surface area contributed by atoms with Crippen LogP contribution in [0.4, 0.5) is 0 Å². The van der Waals surface area contributed by atoms with Crippen molar-refractivity contribution in [3.05, 3.63) is 75.7 Å². The molecule has 6 heteroatoms. The Bertz CT molecular complexity index is 1040. The van der Waals surface area contributed by atoms with E-state index in [1.165, 1.54) is 11.1 Å². The predicted molar refractivity (Wildman–Crippen MR) is 105 cm³/mol. The molecule has 1 aromatic heterocycles. The Balaban J connectivity index is 1.44. The molecule has 2 heterocycles. The molecule has 1 atom stereocenters. The topological polar surface area (TPSA) is 78.1 Å². The molecule has 0 bridgehead atoms. The van der Waals surface area contributed by atoms with Crippen LogP contribution in [-0.2, 0) is 13.0 Å². The monoisotopic (exact) mass is 362 g/mol. The summed E-state index contributed by atoms with van der Waals surface area (Å²) >= 11 is 0. The highest BCUT2D eigenvalue weighted by molar-refractivity contribution is 6.04. The first-order valence-electron chi connectivity index (χ1n) is 9.20. The van der Waals surface area contributed by atoms with Crippen molar-refractivity contribution in [2.24, 2.45) is 0 Å². The Morgan fingerprint density at radius 1 is 1.15 bits per heavy atom. The quantitative estimate of drug-likeness (QED) is 0.745. The van der Waals surface area contributed by atoms with Gasteiger partial charge >= 0.3 is 0 Å². The zero-order chi connectivity index (χ0) is 18.8. The fraction of sp³-hybridized carbons (Fsp3) is 0.286. The highest BCUT2D eigenvalue weighted by atomic mass is 16.2. The molecule has 0 saturated heterocycles. The molecule has 0 aliphatic carbocycles. The molecule has 6 nitrogen and oxygen atoms in total. The van der Waals surface area contributed by atoms with Crippen LogP contribution in [-0.4, -0.2) is 40.1 Å². The molecule has 2 aromatic carbocycles. The fourth-order valence-corrected chi connectivity index (χ4v) is 3.63. The van der Waals surface area contributed by atoms with Crippen molar-refractivity contribution >= 4 is 16.7 Å². The molecule has 1 aliphatic rings. The van der Waals surface area contributed by atoms with Crippen LogP contribution in [0.5, 0.6) is 0 Å². The Morgan fingerprint density at radius 3 is 2.67 bits per heavy atom. The van der Waals surface area contributed by atoms with Gasteiger partial charge in [-0.25, -0.2) is 5.10 Å². The summed E-state index contributed by atoms with van der Waals surface area (Å²) in [7, 11) is 0. The zero-order valence-electron chi connectivity index (χ0n) is 15.2. The first-order chi connectivity index (χ1) is 13.1. The van der Waals surface area contributed by atoms with Crippen molar-refractivity contribution < 1.29 is 4.79 Å². The SMILES string of the molecule is CC(CNC(=O)c1n[nH]c(=O)c2ccccc12)N1CCc2ccccc2C1. The highest BCUT2D eigenvalue weighted by Gasteiger charge is 2.21. The van der Waals surface area contributed by atoms with Gasteiger partial charge in [0.25, 0.3) is 11.5 Å². The van der Waals surface area contributed by atoms with Gasteiger partial charge in [0.15, 0.2) is 5.69 Å². The predicted octanol–water partition coefficient (Wildman–Crippen LogP) is 2.10. The van der Waals surface area contributed by atoms with E-state index >= 15 is 0 Å². The van der Waals surface area contributed by atoms with Crippen LogP contribution >= 0.6 is 0 Å². The molecule has 4 rings (SSSR count). The second-order valence-electron chi connectivity index (χ2n) is 7.00. The van der Waals surface area contributed by atoms with Crippen molar-refractivity contribution in [1.82, 2.24) is 20.4 Å². The molecular formula is C21H22N4O2. The Labute approximate surface area is 157 Å². The smallest absolute Gasteiger partial charge is 0.272 e. The van der Waals surface area contributed by atoms with E-state index in [-0.39, 0.29) is 23.2 Å².